The molecule has 1 aliphatic rings. The minimum atomic E-state index is -4.10. The van der Waals surface area contributed by atoms with Gasteiger partial charge < -0.3 is 19.5 Å². The maximum absolute atomic E-state index is 13.7. The van der Waals surface area contributed by atoms with E-state index in [0.717, 1.165) is 9.66 Å². The first-order chi connectivity index (χ1) is 15.0. The summed E-state index contributed by atoms with van der Waals surface area (Å²) in [7, 11) is -2.19. The zero-order valence-electron chi connectivity index (χ0n) is 17.7. The Bertz CT molecular complexity index is 1320. The van der Waals surface area contributed by atoms with E-state index in [4.69, 9.17) is 21.1 Å². The lowest BCUT2D eigenvalue weighted by atomic mass is 10.1. The Morgan fingerprint density at radius 3 is 2.75 bits per heavy atom. The fourth-order valence-corrected chi connectivity index (χ4v) is 5.08. The third kappa shape index (κ3) is 3.89. The van der Waals surface area contributed by atoms with Crippen LogP contribution in [0.5, 0.6) is 5.75 Å². The first kappa shape index (κ1) is 22.4. The van der Waals surface area contributed by atoms with Gasteiger partial charge in [0.15, 0.2) is 5.60 Å². The molecule has 1 N–H and O–H groups in total. The van der Waals surface area contributed by atoms with E-state index in [1.54, 1.807) is 12.1 Å². The fourth-order valence-electron chi connectivity index (χ4n) is 3.40. The van der Waals surface area contributed by atoms with Crippen molar-refractivity contribution in [1.29, 1.82) is 0 Å². The highest BCUT2D eigenvalue weighted by Crippen LogP contribution is 2.35. The molecule has 0 bridgehead atoms. The normalized spacial score (nSPS) is 14.3. The van der Waals surface area contributed by atoms with Crippen molar-refractivity contribution in [1.82, 2.24) is 8.96 Å². The molecule has 0 saturated carbocycles. The number of aliphatic carboxylic acids is 1. The zero-order chi connectivity index (χ0) is 23.3. The average Bonchev–Trinajstić information content (AvgIpc) is 3.10. The molecule has 3 heterocycles. The summed E-state index contributed by atoms with van der Waals surface area (Å²) in [4.78, 5) is 17.6. The fraction of sp³-hybridized carbons (Fsp3) is 0.333. The Hall–Kier alpha value is -2.82. The van der Waals surface area contributed by atoms with E-state index < -0.39 is 21.6 Å². The van der Waals surface area contributed by atoms with E-state index in [2.05, 4.69) is 4.98 Å². The number of rotatable bonds is 6. The van der Waals surface area contributed by atoms with Gasteiger partial charge in [0.1, 0.15) is 17.5 Å². The third-order valence-electron chi connectivity index (χ3n) is 5.31. The molecule has 4 rings (SSSR count). The minimum Gasteiger partial charge on any atom is -0.490 e. The summed E-state index contributed by atoms with van der Waals surface area (Å²) in [5.41, 5.74) is 0.159. The van der Waals surface area contributed by atoms with Crippen molar-refractivity contribution in [3.8, 4) is 5.75 Å². The largest absolute Gasteiger partial charge is 0.490 e. The number of benzene rings is 1. The first-order valence-corrected chi connectivity index (χ1v) is 11.6. The summed E-state index contributed by atoms with van der Waals surface area (Å²) in [6.45, 7) is 3.67. The van der Waals surface area contributed by atoms with Gasteiger partial charge in [0.2, 0.25) is 0 Å². The highest BCUT2D eigenvalue weighted by molar-refractivity contribution is 7.90. The number of carboxylic acids is 1. The number of nitrogens with zero attached hydrogens (tertiary/aromatic N) is 3. The molecule has 0 atom stereocenters. The molecule has 170 valence electrons. The van der Waals surface area contributed by atoms with Crippen LogP contribution in [-0.2, 0) is 26.2 Å². The molecular formula is C21H22ClN3O6S. The molecular weight excluding hydrogens is 458 g/mol. The van der Waals surface area contributed by atoms with E-state index in [1.807, 2.05) is 11.9 Å². The Morgan fingerprint density at radius 1 is 1.28 bits per heavy atom. The van der Waals surface area contributed by atoms with Crippen LogP contribution in [-0.4, -0.2) is 54.3 Å². The minimum absolute atomic E-state index is 0.0257. The lowest BCUT2D eigenvalue weighted by Gasteiger charge is -2.28. The first-order valence-electron chi connectivity index (χ1n) is 9.78. The van der Waals surface area contributed by atoms with E-state index >= 15 is 0 Å². The topological polar surface area (TPSA) is 111 Å². The van der Waals surface area contributed by atoms with Gasteiger partial charge in [0.25, 0.3) is 10.0 Å². The molecule has 0 saturated heterocycles. The van der Waals surface area contributed by atoms with Crippen LogP contribution >= 0.6 is 11.6 Å². The van der Waals surface area contributed by atoms with E-state index in [-0.39, 0.29) is 22.3 Å². The van der Waals surface area contributed by atoms with Crippen molar-refractivity contribution in [2.75, 3.05) is 25.1 Å². The number of halogens is 1. The summed E-state index contributed by atoms with van der Waals surface area (Å²) in [5.74, 6) is -0.692. The molecule has 0 fully saturated rings. The molecule has 32 heavy (non-hydrogen) atoms. The number of fused-ring (bicyclic) bond motifs is 2. The second-order valence-electron chi connectivity index (χ2n) is 7.95. The quantitative estimate of drug-likeness (QED) is 0.537. The standard InChI is InChI=1S/C21H22ClN3O6S/c1-21(2,20(26)27)31-12-13-10-15-16(6-7-19(22)23-15)25(13)32(28,29)14-4-5-17-18(11-14)30-9-8-24(17)3/h4-7,10-11H,8-9,12H2,1-3H3,(H,26,27). The number of carbonyl (C=O) groups is 1. The summed E-state index contributed by atoms with van der Waals surface area (Å²) >= 11 is 6.00. The number of hydrogen-bond donors (Lipinski definition) is 1. The second-order valence-corrected chi connectivity index (χ2v) is 10.1. The van der Waals surface area contributed by atoms with Crippen LogP contribution in [0.25, 0.3) is 11.0 Å². The van der Waals surface area contributed by atoms with Crippen LogP contribution < -0.4 is 9.64 Å². The molecule has 3 aromatic rings. The van der Waals surface area contributed by atoms with Gasteiger partial charge in [-0.15, -0.1) is 0 Å². The number of carboxylic acid groups (broad SMARTS) is 1. The number of likely N-dealkylation sites (N-methyl/N-ethyl adjacent to an activating group) is 1. The Morgan fingerprint density at radius 2 is 2.03 bits per heavy atom. The lowest BCUT2D eigenvalue weighted by molar-refractivity contribution is -0.162. The zero-order valence-corrected chi connectivity index (χ0v) is 19.3. The smallest absolute Gasteiger partial charge is 0.335 e. The maximum Gasteiger partial charge on any atom is 0.335 e. The van der Waals surface area contributed by atoms with E-state index in [1.165, 1.54) is 38.1 Å². The molecule has 2 aromatic heterocycles. The number of pyridine rings is 1. The maximum atomic E-state index is 13.7. The molecule has 1 aliphatic heterocycles. The van der Waals surface area contributed by atoms with Crippen LogP contribution in [0.4, 0.5) is 5.69 Å². The van der Waals surface area contributed by atoms with E-state index in [9.17, 15) is 18.3 Å². The van der Waals surface area contributed by atoms with Gasteiger partial charge in [-0.3, -0.25) is 0 Å². The van der Waals surface area contributed by atoms with Crippen molar-refractivity contribution in [3.05, 3.63) is 47.2 Å². The molecule has 11 heteroatoms. The van der Waals surface area contributed by atoms with Gasteiger partial charge in [0.05, 0.1) is 40.5 Å². The Balaban J connectivity index is 1.84. The molecule has 0 unspecified atom stereocenters. The predicted octanol–water partition coefficient (Wildman–Crippen LogP) is 3.14. The van der Waals surface area contributed by atoms with Crippen LogP contribution in [0.15, 0.2) is 41.3 Å². The molecule has 0 aliphatic carbocycles. The number of ether oxygens (including phenoxy) is 2. The van der Waals surface area contributed by atoms with Gasteiger partial charge in [-0.2, -0.15) is 0 Å². The van der Waals surface area contributed by atoms with Gasteiger partial charge in [0, 0.05) is 13.1 Å². The van der Waals surface area contributed by atoms with Gasteiger partial charge >= 0.3 is 5.97 Å². The Kier molecular flexibility index (Phi) is 5.56. The highest BCUT2D eigenvalue weighted by Gasteiger charge is 2.31. The average molecular weight is 480 g/mol. The van der Waals surface area contributed by atoms with Gasteiger partial charge in [-0.05, 0) is 44.2 Å². The summed E-state index contributed by atoms with van der Waals surface area (Å²) in [5, 5.41) is 9.54. The van der Waals surface area contributed by atoms with Crippen LogP contribution in [0.2, 0.25) is 5.15 Å². The van der Waals surface area contributed by atoms with E-state index in [0.29, 0.717) is 29.9 Å². The summed E-state index contributed by atoms with van der Waals surface area (Å²) < 4.78 is 39.7. The molecule has 0 radical (unpaired) electrons. The van der Waals surface area contributed by atoms with Crippen LogP contribution in [0, 0.1) is 0 Å². The number of aromatic nitrogens is 2. The van der Waals surface area contributed by atoms with Gasteiger partial charge in [-0.1, -0.05) is 11.6 Å². The van der Waals surface area contributed by atoms with Crippen LogP contribution in [0.3, 0.4) is 0 Å². The van der Waals surface area contributed by atoms with Gasteiger partial charge in [-0.25, -0.2) is 22.2 Å². The molecule has 0 spiro atoms. The van der Waals surface area contributed by atoms with Crippen molar-refractivity contribution >= 4 is 44.3 Å². The molecule has 0 amide bonds. The second kappa shape index (κ2) is 7.95. The predicted molar refractivity (Wildman–Crippen MR) is 119 cm³/mol. The van der Waals surface area contributed by atoms with Crippen molar-refractivity contribution in [3.63, 3.8) is 0 Å². The number of anilines is 1. The number of hydrogen-bond acceptors (Lipinski definition) is 7. The SMILES string of the molecule is CN1CCOc2cc(S(=O)(=O)n3c(COC(C)(C)C(=O)O)cc4nc(Cl)ccc43)ccc21. The highest BCUT2D eigenvalue weighted by atomic mass is 35.5. The van der Waals surface area contributed by atoms with Crippen LogP contribution in [0.1, 0.15) is 19.5 Å². The monoisotopic (exact) mass is 479 g/mol. The van der Waals surface area contributed by atoms with Crippen molar-refractivity contribution < 1.29 is 27.8 Å². The summed E-state index contributed by atoms with van der Waals surface area (Å²) in [6, 6.07) is 9.27. The molecule has 9 nitrogen and oxygen atoms in total. The Labute approximate surface area is 190 Å². The van der Waals surface area contributed by atoms with Crippen molar-refractivity contribution in [2.24, 2.45) is 0 Å². The van der Waals surface area contributed by atoms with Crippen molar-refractivity contribution in [2.45, 2.75) is 31.0 Å². The third-order valence-corrected chi connectivity index (χ3v) is 7.28. The lowest BCUT2D eigenvalue weighted by Crippen LogP contribution is -2.35. The summed E-state index contributed by atoms with van der Waals surface area (Å²) in [6.07, 6.45) is 0. The molecule has 1 aromatic carbocycles.